The van der Waals surface area contributed by atoms with E-state index in [0.29, 0.717) is 23.3 Å². The number of benzene rings is 3. The van der Waals surface area contributed by atoms with Crippen LogP contribution in [0.15, 0.2) is 72.9 Å². The van der Waals surface area contributed by atoms with Gasteiger partial charge < -0.3 is 4.90 Å². The predicted molar refractivity (Wildman–Crippen MR) is 121 cm³/mol. The van der Waals surface area contributed by atoms with Gasteiger partial charge in [-0.15, -0.1) is 0 Å². The van der Waals surface area contributed by atoms with E-state index in [1.807, 2.05) is 0 Å². The van der Waals surface area contributed by atoms with E-state index in [1.165, 1.54) is 11.1 Å². The molecule has 1 atom stereocenters. The summed E-state index contributed by atoms with van der Waals surface area (Å²) in [5.41, 5.74) is -0.817. The maximum Gasteiger partial charge on any atom is 0.286 e. The monoisotopic (exact) mass is 460 g/mol. The molecule has 3 aromatic carbocycles. The average Bonchev–Trinajstić information content (AvgIpc) is 2.83. The normalized spacial score (nSPS) is 14.4. The highest BCUT2D eigenvalue weighted by Crippen LogP contribution is 2.40. The van der Waals surface area contributed by atoms with Crippen molar-refractivity contribution in [2.45, 2.75) is 12.5 Å². The summed E-state index contributed by atoms with van der Waals surface area (Å²) in [7, 11) is 0. The van der Waals surface area contributed by atoms with Gasteiger partial charge in [0.05, 0.1) is 32.9 Å². The molecule has 1 heterocycles. The molecule has 1 aliphatic heterocycles. The highest BCUT2D eigenvalue weighted by Gasteiger charge is 2.36. The third-order valence-corrected chi connectivity index (χ3v) is 5.55. The molecule has 0 fully saturated rings. The van der Waals surface area contributed by atoms with Gasteiger partial charge in [-0.25, -0.2) is 0 Å². The van der Waals surface area contributed by atoms with Crippen LogP contribution < -0.4 is 0 Å². The predicted octanol–water partition coefficient (Wildman–Crippen LogP) is 4.82. The number of nitrogens with zero attached hydrogens (tertiary/aromatic N) is 4. The molecule has 34 heavy (non-hydrogen) atoms. The Kier molecular flexibility index (Phi) is 5.83. The summed E-state index contributed by atoms with van der Waals surface area (Å²) in [6.07, 6.45) is 2.95. The van der Waals surface area contributed by atoms with Gasteiger partial charge in [0.1, 0.15) is 5.56 Å². The Morgan fingerprint density at radius 1 is 0.824 bits per heavy atom. The number of nitro benzene ring substituents is 3. The van der Waals surface area contributed by atoms with Gasteiger partial charge in [0.25, 0.3) is 23.0 Å². The van der Waals surface area contributed by atoms with E-state index < -0.39 is 43.8 Å². The van der Waals surface area contributed by atoms with Gasteiger partial charge >= 0.3 is 0 Å². The lowest BCUT2D eigenvalue weighted by molar-refractivity contribution is -0.404. The maximum atomic E-state index is 13.3. The number of nitro groups is 3. The van der Waals surface area contributed by atoms with Gasteiger partial charge in [-0.05, 0) is 29.3 Å². The van der Waals surface area contributed by atoms with Crippen molar-refractivity contribution >= 4 is 29.0 Å². The first-order valence-electron chi connectivity index (χ1n) is 10.0. The Balaban J connectivity index is 1.88. The molecule has 4 rings (SSSR count). The Hall–Kier alpha value is -4.93. The molecule has 0 radical (unpaired) electrons. The highest BCUT2D eigenvalue weighted by molar-refractivity contribution is 5.96. The molecule has 3 aromatic rings. The lowest BCUT2D eigenvalue weighted by Crippen LogP contribution is -2.34. The molecular weight excluding hydrogens is 444 g/mol. The molecule has 11 nitrogen and oxygen atoms in total. The molecule has 1 aliphatic rings. The zero-order valence-electron chi connectivity index (χ0n) is 17.4. The molecule has 0 N–H and O–H groups in total. The maximum absolute atomic E-state index is 13.3. The van der Waals surface area contributed by atoms with Crippen molar-refractivity contribution in [2.24, 2.45) is 0 Å². The van der Waals surface area contributed by atoms with Gasteiger partial charge in [-0.3, -0.25) is 35.1 Å². The second-order valence-electron chi connectivity index (χ2n) is 7.48. The first kappa shape index (κ1) is 22.3. The topological polar surface area (TPSA) is 150 Å². The zero-order chi connectivity index (χ0) is 24.4. The molecule has 1 amide bonds. The van der Waals surface area contributed by atoms with Gasteiger partial charge in [0.15, 0.2) is 0 Å². The summed E-state index contributed by atoms with van der Waals surface area (Å²) in [4.78, 5) is 46.7. The summed E-state index contributed by atoms with van der Waals surface area (Å²) in [5, 5.41) is 34.7. The summed E-state index contributed by atoms with van der Waals surface area (Å²) in [6.45, 7) is 0. The second-order valence-corrected chi connectivity index (χ2v) is 7.48. The number of non-ortho nitro benzene ring substituents is 1. The van der Waals surface area contributed by atoms with Crippen molar-refractivity contribution in [3.63, 3.8) is 0 Å². The number of carbonyl (C=O) groups excluding carboxylic acids is 1. The lowest BCUT2D eigenvalue weighted by atomic mass is 9.89. The van der Waals surface area contributed by atoms with E-state index in [-0.39, 0.29) is 12.0 Å². The van der Waals surface area contributed by atoms with Crippen molar-refractivity contribution in [1.29, 1.82) is 0 Å². The fourth-order valence-electron chi connectivity index (χ4n) is 3.99. The van der Waals surface area contributed by atoms with Crippen molar-refractivity contribution in [3.8, 4) is 0 Å². The van der Waals surface area contributed by atoms with Crippen LogP contribution in [0.4, 0.5) is 17.1 Å². The van der Waals surface area contributed by atoms with E-state index in [1.54, 1.807) is 60.7 Å². The number of carbonyl (C=O) groups is 1. The fraction of sp³-hybridized carbons (Fsp3) is 0.0870. The number of amides is 1. The zero-order valence-corrected chi connectivity index (χ0v) is 17.4. The number of rotatable bonds is 6. The summed E-state index contributed by atoms with van der Waals surface area (Å²) < 4.78 is 0. The summed E-state index contributed by atoms with van der Waals surface area (Å²) in [5.74, 6) is -0.399. The molecule has 0 spiro atoms. The van der Waals surface area contributed by atoms with E-state index >= 15 is 0 Å². The van der Waals surface area contributed by atoms with Gasteiger partial charge in [-0.2, -0.15) is 0 Å². The van der Waals surface area contributed by atoms with Crippen molar-refractivity contribution in [2.75, 3.05) is 0 Å². The lowest BCUT2D eigenvalue weighted by Gasteiger charge is -2.33. The SMILES string of the molecule is O=C(c1ccccc1)N1C=Cc2ccccc2C1Cc1c([N+](=O)[O-])cc([N+](=O)[O-])cc1[N+](=O)[O-]. The van der Waals surface area contributed by atoms with Gasteiger partial charge in [0.2, 0.25) is 0 Å². The van der Waals surface area contributed by atoms with E-state index in [9.17, 15) is 35.1 Å². The van der Waals surface area contributed by atoms with Crippen LogP contribution >= 0.6 is 0 Å². The van der Waals surface area contributed by atoms with Crippen LogP contribution in [0.1, 0.15) is 33.1 Å². The quantitative estimate of drug-likeness (QED) is 0.378. The van der Waals surface area contributed by atoms with Crippen LogP contribution in [0.25, 0.3) is 6.08 Å². The molecule has 0 aliphatic carbocycles. The first-order valence-corrected chi connectivity index (χ1v) is 10.0. The molecule has 1 unspecified atom stereocenters. The molecule has 0 bridgehead atoms. The van der Waals surface area contributed by atoms with Crippen LogP contribution in [-0.2, 0) is 6.42 Å². The molecular formula is C23H16N4O7. The second kappa shape index (κ2) is 8.90. The van der Waals surface area contributed by atoms with Crippen molar-refractivity contribution in [3.05, 3.63) is 126 Å². The third kappa shape index (κ3) is 4.09. The van der Waals surface area contributed by atoms with Crippen LogP contribution in [0.3, 0.4) is 0 Å². The molecule has 0 saturated heterocycles. The van der Waals surface area contributed by atoms with Crippen molar-refractivity contribution < 1.29 is 19.6 Å². The summed E-state index contributed by atoms with van der Waals surface area (Å²) >= 11 is 0. The molecule has 0 aromatic heterocycles. The fourth-order valence-corrected chi connectivity index (χ4v) is 3.99. The minimum absolute atomic E-state index is 0.301. The van der Waals surface area contributed by atoms with Crippen molar-refractivity contribution in [1.82, 2.24) is 4.90 Å². The number of fused-ring (bicyclic) bond motifs is 1. The van der Waals surface area contributed by atoms with E-state index in [4.69, 9.17) is 0 Å². The smallest absolute Gasteiger partial charge is 0.286 e. The Morgan fingerprint density at radius 2 is 1.41 bits per heavy atom. The Bertz CT molecular complexity index is 1320. The highest BCUT2D eigenvalue weighted by atomic mass is 16.6. The largest absolute Gasteiger partial charge is 0.307 e. The number of hydrogen-bond acceptors (Lipinski definition) is 7. The third-order valence-electron chi connectivity index (χ3n) is 5.55. The first-order chi connectivity index (χ1) is 16.3. The van der Waals surface area contributed by atoms with Crippen LogP contribution in [-0.4, -0.2) is 25.6 Å². The Morgan fingerprint density at radius 3 is 2.00 bits per heavy atom. The van der Waals surface area contributed by atoms with E-state index in [0.717, 1.165) is 5.56 Å². The van der Waals surface area contributed by atoms with Crippen LogP contribution in [0, 0.1) is 30.3 Å². The Labute approximate surface area is 192 Å². The number of hydrogen-bond donors (Lipinski definition) is 0. The summed E-state index contributed by atoms with van der Waals surface area (Å²) in [6, 6.07) is 16.0. The standard InChI is InChI=1S/C23H16N4O7/c28-23(16-7-2-1-3-8-16)24-11-10-15-6-4-5-9-18(15)20(24)14-19-21(26(31)32)12-17(25(29)30)13-22(19)27(33)34/h1-13,20H,14H2. The molecule has 170 valence electrons. The average molecular weight is 460 g/mol. The van der Waals surface area contributed by atoms with Crippen LogP contribution in [0.2, 0.25) is 0 Å². The minimum atomic E-state index is -0.923. The van der Waals surface area contributed by atoms with Gasteiger partial charge in [-0.1, -0.05) is 42.5 Å². The van der Waals surface area contributed by atoms with Gasteiger partial charge in [0, 0.05) is 18.2 Å². The molecule has 11 heteroatoms. The van der Waals surface area contributed by atoms with E-state index in [2.05, 4.69) is 0 Å². The minimum Gasteiger partial charge on any atom is -0.307 e. The van der Waals surface area contributed by atoms with Crippen LogP contribution in [0.5, 0.6) is 0 Å². The molecule has 0 saturated carbocycles.